The second kappa shape index (κ2) is 10.3. The van der Waals surface area contributed by atoms with Crippen molar-refractivity contribution in [3.8, 4) is 0 Å². The van der Waals surface area contributed by atoms with E-state index in [2.05, 4.69) is 30.1 Å². The highest BCUT2D eigenvalue weighted by Gasteiger charge is 2.85. The molecule has 32 heavy (non-hydrogen) atoms. The van der Waals surface area contributed by atoms with Gasteiger partial charge in [0.25, 0.3) is 0 Å². The van der Waals surface area contributed by atoms with E-state index in [1.165, 1.54) is 4.74 Å². The molecule has 0 N–H and O–H groups in total. The van der Waals surface area contributed by atoms with Crippen LogP contribution in [0.5, 0.6) is 0 Å². The van der Waals surface area contributed by atoms with Crippen LogP contribution in [0, 0.1) is 0 Å². The predicted octanol–water partition coefficient (Wildman–Crippen LogP) is 5.65. The maximum absolute atomic E-state index is 13.2. The van der Waals surface area contributed by atoms with Crippen LogP contribution in [0.3, 0.4) is 0 Å². The Kier molecular flexibility index (Phi) is 10.0. The van der Waals surface area contributed by atoms with Crippen molar-refractivity contribution < 1.29 is 84.8 Å². The molecule has 0 fully saturated rings. The Labute approximate surface area is 176 Å². The minimum Gasteiger partial charge on any atom is -0.378 e. The lowest BCUT2D eigenvalue weighted by atomic mass is 10.1. The number of hydrogen-bond donors (Lipinski definition) is 0. The van der Waals surface area contributed by atoms with Gasteiger partial charge < -0.3 is 9.47 Å². The molecule has 0 radical (unpaired) electrons. The lowest BCUT2D eigenvalue weighted by molar-refractivity contribution is -0.543. The Hall–Kier alpha value is -0.730. The van der Waals surface area contributed by atoms with E-state index in [-0.39, 0.29) is 11.9 Å². The van der Waals surface area contributed by atoms with Gasteiger partial charge in [0.05, 0.1) is 19.8 Å². The first kappa shape index (κ1) is 31.3. The quantitative estimate of drug-likeness (QED) is 0.151. The monoisotopic (exact) mass is 582 g/mol. The molecule has 0 heterocycles. The summed E-state index contributed by atoms with van der Waals surface area (Å²) in [6.45, 7) is -3.41. The molecule has 0 unspecified atom stereocenters. The number of hydrogen-bond acceptors (Lipinski definition) is 4. The molecule has 20 heteroatoms. The summed E-state index contributed by atoms with van der Waals surface area (Å²) in [5.74, 6) is -15.7. The molecule has 0 aromatic rings. The second-order valence-corrected chi connectivity index (χ2v) is 6.19. The van der Waals surface area contributed by atoms with Gasteiger partial charge in [0.15, 0.2) is 0 Å². The number of ether oxygens (including phenoxy) is 4. The summed E-state index contributed by atoms with van der Waals surface area (Å²) in [5.41, 5.74) is 0. The molecule has 0 aliphatic carbocycles. The third-order valence-electron chi connectivity index (χ3n) is 2.85. The molecule has 0 saturated carbocycles. The van der Waals surface area contributed by atoms with E-state index in [0.29, 0.717) is 0 Å². The molecular weight excluding hydrogens is 573 g/mol. The van der Waals surface area contributed by atoms with Crippen molar-refractivity contribution in [3.63, 3.8) is 0 Å². The van der Waals surface area contributed by atoms with Crippen LogP contribution in [-0.2, 0) is 18.9 Å². The fourth-order valence-corrected chi connectivity index (χ4v) is 1.62. The molecule has 194 valence electrons. The molecule has 0 aromatic carbocycles. The highest BCUT2D eigenvalue weighted by atomic mass is 79.9. The third-order valence-corrected chi connectivity index (χ3v) is 3.18. The van der Waals surface area contributed by atoms with Crippen LogP contribution >= 0.6 is 15.9 Å². The minimum atomic E-state index is -7.89. The summed E-state index contributed by atoms with van der Waals surface area (Å²) < 4.78 is 204. The normalized spacial score (nSPS) is 15.4. The van der Waals surface area contributed by atoms with Crippen LogP contribution in [0.2, 0.25) is 0 Å². The van der Waals surface area contributed by atoms with Crippen molar-refractivity contribution in [2.24, 2.45) is 0 Å². The van der Waals surface area contributed by atoms with E-state index >= 15 is 0 Å². The lowest BCUT2D eigenvalue weighted by Crippen LogP contribution is -2.64. The van der Waals surface area contributed by atoms with E-state index in [9.17, 15) is 65.9 Å². The van der Waals surface area contributed by atoms with E-state index < -0.39 is 62.3 Å². The highest BCUT2D eigenvalue weighted by Crippen LogP contribution is 2.55. The summed E-state index contributed by atoms with van der Waals surface area (Å²) >= 11 is 2.89. The lowest BCUT2D eigenvalue weighted by Gasteiger charge is -2.36. The molecule has 4 nitrogen and oxygen atoms in total. The van der Waals surface area contributed by atoms with Gasteiger partial charge in [0.2, 0.25) is 0 Å². The predicted molar refractivity (Wildman–Crippen MR) is 73.3 cm³/mol. The molecule has 0 amide bonds. The van der Waals surface area contributed by atoms with Crippen LogP contribution in [0.25, 0.3) is 0 Å². The van der Waals surface area contributed by atoms with Gasteiger partial charge >= 0.3 is 42.5 Å². The first-order chi connectivity index (χ1) is 14.0. The van der Waals surface area contributed by atoms with Crippen molar-refractivity contribution in [1.29, 1.82) is 0 Å². The summed E-state index contributed by atoms with van der Waals surface area (Å²) in [6, 6.07) is 0. The molecule has 0 rings (SSSR count). The summed E-state index contributed by atoms with van der Waals surface area (Å²) in [7, 11) is 0. The Morgan fingerprint density at radius 3 is 1.38 bits per heavy atom. The van der Waals surface area contributed by atoms with E-state index in [1.807, 2.05) is 0 Å². The van der Waals surface area contributed by atoms with Crippen molar-refractivity contribution >= 4 is 15.9 Å². The molecule has 0 bridgehead atoms. The Bertz CT molecular complexity index is 595. The zero-order valence-corrected chi connectivity index (χ0v) is 16.3. The van der Waals surface area contributed by atoms with Crippen LogP contribution in [0.15, 0.2) is 0 Å². The molecule has 0 atom stereocenters. The van der Waals surface area contributed by atoms with Crippen molar-refractivity contribution in [2.75, 3.05) is 31.8 Å². The first-order valence-electron chi connectivity index (χ1n) is 7.43. The van der Waals surface area contributed by atoms with Gasteiger partial charge in [-0.1, -0.05) is 15.9 Å². The Morgan fingerprint density at radius 1 is 0.500 bits per heavy atom. The average molecular weight is 583 g/mol. The molecule has 0 aliphatic rings. The first-order valence-corrected chi connectivity index (χ1v) is 8.55. The van der Waals surface area contributed by atoms with Crippen LogP contribution in [0.4, 0.5) is 65.9 Å². The van der Waals surface area contributed by atoms with Gasteiger partial charge in [0.1, 0.15) is 6.61 Å². The van der Waals surface area contributed by atoms with Crippen LogP contribution in [0.1, 0.15) is 0 Å². The SMILES string of the molecule is FC(F)(COCCOCCBr)OC(F)(F)C(F)(F)OC(F)(F)C(F)(F)C(F)(F)C(F)(F)F. The van der Waals surface area contributed by atoms with Crippen LogP contribution in [-0.4, -0.2) is 74.2 Å². The second-order valence-electron chi connectivity index (χ2n) is 5.39. The zero-order valence-electron chi connectivity index (χ0n) is 14.7. The van der Waals surface area contributed by atoms with Crippen LogP contribution < -0.4 is 0 Å². The van der Waals surface area contributed by atoms with E-state index in [0.717, 1.165) is 0 Å². The fourth-order valence-electron chi connectivity index (χ4n) is 1.39. The fraction of sp³-hybridized carbons (Fsp3) is 1.00. The Balaban J connectivity index is 5.40. The molecular formula is C12H10BrF15O4. The smallest absolute Gasteiger partial charge is 0.378 e. The van der Waals surface area contributed by atoms with E-state index in [4.69, 9.17) is 0 Å². The largest absolute Gasteiger partial charge is 0.460 e. The van der Waals surface area contributed by atoms with Gasteiger partial charge in [-0.25, -0.2) is 9.47 Å². The number of alkyl halides is 16. The topological polar surface area (TPSA) is 36.9 Å². The highest BCUT2D eigenvalue weighted by molar-refractivity contribution is 9.09. The average Bonchev–Trinajstić information content (AvgIpc) is 2.54. The van der Waals surface area contributed by atoms with E-state index in [1.54, 1.807) is 0 Å². The van der Waals surface area contributed by atoms with Gasteiger partial charge in [-0.3, -0.25) is 0 Å². The van der Waals surface area contributed by atoms with Gasteiger partial charge in [-0.15, -0.1) is 0 Å². The summed E-state index contributed by atoms with van der Waals surface area (Å²) in [4.78, 5) is 0. The van der Waals surface area contributed by atoms with Gasteiger partial charge in [-0.2, -0.15) is 65.9 Å². The Morgan fingerprint density at radius 2 is 0.938 bits per heavy atom. The number of halogens is 16. The molecule has 0 aromatic heterocycles. The summed E-state index contributed by atoms with van der Waals surface area (Å²) in [5, 5.41) is 0.284. The number of rotatable bonds is 14. The van der Waals surface area contributed by atoms with Gasteiger partial charge in [0, 0.05) is 5.33 Å². The minimum absolute atomic E-state index is 0.0319. The maximum Gasteiger partial charge on any atom is 0.460 e. The maximum atomic E-state index is 13.2. The van der Waals surface area contributed by atoms with Gasteiger partial charge in [-0.05, 0) is 0 Å². The standard InChI is InChI=1S/C12H10BrF15O4/c13-1-2-29-3-4-30-5-6(14,15)31-11(25,26)12(27,28)32-10(23,24)8(18,19)7(16,17)9(20,21)22/h1-5H2. The summed E-state index contributed by atoms with van der Waals surface area (Å²) in [6.07, 6.45) is -34.8. The third kappa shape index (κ3) is 7.39. The van der Waals surface area contributed by atoms with Crippen molar-refractivity contribution in [3.05, 3.63) is 0 Å². The zero-order chi connectivity index (χ0) is 25.9. The molecule has 0 saturated heterocycles. The van der Waals surface area contributed by atoms with Crippen molar-refractivity contribution in [2.45, 2.75) is 42.5 Å². The van der Waals surface area contributed by atoms with Crippen molar-refractivity contribution in [1.82, 2.24) is 0 Å². The molecule has 0 aliphatic heterocycles. The molecule has 0 spiro atoms.